The summed E-state index contributed by atoms with van der Waals surface area (Å²) in [5, 5.41) is 0. The minimum absolute atomic E-state index is 0.322. The molecule has 1 atom stereocenters. The first kappa shape index (κ1) is 17.2. The highest BCUT2D eigenvalue weighted by atomic mass is 19.3. The molecule has 1 heterocycles. The highest BCUT2D eigenvalue weighted by molar-refractivity contribution is 6.08. The summed E-state index contributed by atoms with van der Waals surface area (Å²) >= 11 is 0. The number of halogens is 2. The van der Waals surface area contributed by atoms with Gasteiger partial charge in [-0.2, -0.15) is 8.78 Å². The van der Waals surface area contributed by atoms with E-state index < -0.39 is 17.9 Å². The molecule has 1 amide bonds. The molecule has 1 aliphatic heterocycles. The van der Waals surface area contributed by atoms with Crippen molar-refractivity contribution < 1.29 is 18.3 Å². The van der Waals surface area contributed by atoms with Crippen LogP contribution in [0.2, 0.25) is 0 Å². The fourth-order valence-electron chi connectivity index (χ4n) is 3.20. The fraction of sp³-hybridized carbons (Fsp3) is 0.136. The van der Waals surface area contributed by atoms with Gasteiger partial charge in [0.1, 0.15) is 11.8 Å². The van der Waals surface area contributed by atoms with Gasteiger partial charge in [0.25, 0.3) is 0 Å². The summed E-state index contributed by atoms with van der Waals surface area (Å²) in [4.78, 5) is 13.4. The minimum Gasteiger partial charge on any atom is -0.455 e. The van der Waals surface area contributed by atoms with Gasteiger partial charge in [0.05, 0.1) is 5.69 Å². The number of carbonyl (C=O) groups excluding carboxylic acids is 1. The van der Waals surface area contributed by atoms with Gasteiger partial charge in [0, 0.05) is 0 Å². The van der Waals surface area contributed by atoms with Gasteiger partial charge in [-0.15, -0.1) is 0 Å². The Kier molecular flexibility index (Phi) is 4.15. The Hall–Kier alpha value is -3.21. The van der Waals surface area contributed by atoms with Gasteiger partial charge >= 0.3 is 11.8 Å². The van der Waals surface area contributed by atoms with Crippen molar-refractivity contribution in [1.82, 2.24) is 0 Å². The summed E-state index contributed by atoms with van der Waals surface area (Å²) < 4.78 is 34.7. The van der Waals surface area contributed by atoms with E-state index in [0.29, 0.717) is 22.7 Å². The minimum atomic E-state index is -3.45. The second kappa shape index (κ2) is 6.50. The molecular weight excluding hydrogens is 348 g/mol. The van der Waals surface area contributed by atoms with Gasteiger partial charge in [-0.3, -0.25) is 9.69 Å². The fourth-order valence-corrected chi connectivity index (χ4v) is 3.20. The Morgan fingerprint density at radius 3 is 2.22 bits per heavy atom. The smallest absolute Gasteiger partial charge is 0.349 e. The molecule has 0 bridgehead atoms. The van der Waals surface area contributed by atoms with Crippen molar-refractivity contribution >= 4 is 11.6 Å². The highest BCUT2D eigenvalue weighted by Gasteiger charge is 2.65. The standard InChI is InChI=1S/C22H17F2NO2/c1-15-11-13-16(14-12-15)20-22(23,24)21(26)25(20)18-9-5-6-10-19(18)27-17-7-3-2-4-8-17/h2-14,20H,1H3. The Balaban J connectivity index is 1.73. The van der Waals surface area contributed by atoms with Crippen molar-refractivity contribution in [2.24, 2.45) is 0 Å². The Labute approximate surface area is 155 Å². The highest BCUT2D eigenvalue weighted by Crippen LogP contribution is 2.52. The van der Waals surface area contributed by atoms with Crippen LogP contribution in [0, 0.1) is 6.92 Å². The molecular formula is C22H17F2NO2. The molecule has 5 heteroatoms. The largest absolute Gasteiger partial charge is 0.455 e. The number of benzene rings is 3. The molecule has 1 unspecified atom stereocenters. The van der Waals surface area contributed by atoms with Crippen molar-refractivity contribution in [1.29, 1.82) is 0 Å². The maximum Gasteiger partial charge on any atom is 0.349 e. The van der Waals surface area contributed by atoms with Crippen molar-refractivity contribution in [3.63, 3.8) is 0 Å². The molecule has 0 N–H and O–H groups in total. The SMILES string of the molecule is Cc1ccc(C2N(c3ccccc3Oc3ccccc3)C(=O)C2(F)F)cc1. The molecule has 3 nitrogen and oxygen atoms in total. The molecule has 1 fully saturated rings. The van der Waals surface area contributed by atoms with Crippen LogP contribution < -0.4 is 9.64 Å². The van der Waals surface area contributed by atoms with Crippen molar-refractivity contribution in [3.8, 4) is 11.5 Å². The maximum atomic E-state index is 14.4. The molecule has 4 rings (SSSR count). The molecule has 1 saturated heterocycles. The van der Waals surface area contributed by atoms with E-state index in [1.165, 1.54) is 0 Å². The zero-order chi connectivity index (χ0) is 19.0. The van der Waals surface area contributed by atoms with Crippen LogP contribution >= 0.6 is 0 Å². The Morgan fingerprint density at radius 1 is 0.889 bits per heavy atom. The van der Waals surface area contributed by atoms with E-state index in [0.717, 1.165) is 10.5 Å². The number of ether oxygens (including phenoxy) is 1. The number of aryl methyl sites for hydroxylation is 1. The maximum absolute atomic E-state index is 14.4. The molecule has 1 aliphatic rings. The number of hydrogen-bond donors (Lipinski definition) is 0. The molecule has 0 aromatic heterocycles. The van der Waals surface area contributed by atoms with Crippen LogP contribution in [0.25, 0.3) is 0 Å². The second-order valence-electron chi connectivity index (χ2n) is 6.49. The van der Waals surface area contributed by atoms with E-state index >= 15 is 0 Å². The van der Waals surface area contributed by atoms with E-state index in [9.17, 15) is 13.6 Å². The molecule has 3 aromatic rings. The number of β-lactam (4-membered cyclic amide) rings is 1. The quantitative estimate of drug-likeness (QED) is 0.571. The number of anilines is 1. The Morgan fingerprint density at radius 2 is 1.52 bits per heavy atom. The summed E-state index contributed by atoms with van der Waals surface area (Å²) in [5.41, 5.74) is 1.68. The van der Waals surface area contributed by atoms with E-state index in [1.807, 2.05) is 25.1 Å². The summed E-state index contributed by atoms with van der Waals surface area (Å²) in [6.07, 6.45) is 0. The number of amides is 1. The number of rotatable bonds is 4. The third kappa shape index (κ3) is 2.95. The Bertz CT molecular complexity index is 971. The first-order valence-corrected chi connectivity index (χ1v) is 8.58. The molecule has 3 aromatic carbocycles. The van der Waals surface area contributed by atoms with Crippen LogP contribution in [0.15, 0.2) is 78.9 Å². The summed E-state index contributed by atoms with van der Waals surface area (Å²) in [7, 11) is 0. The lowest BCUT2D eigenvalue weighted by Crippen LogP contribution is -2.64. The number of alkyl halides is 2. The number of nitrogens with zero attached hydrogens (tertiary/aromatic N) is 1. The average Bonchev–Trinajstić information content (AvgIpc) is 2.68. The average molecular weight is 365 g/mol. The number of carbonyl (C=O) groups is 1. The van der Waals surface area contributed by atoms with Gasteiger partial charge < -0.3 is 4.74 Å². The molecule has 0 radical (unpaired) electrons. The van der Waals surface area contributed by atoms with Crippen LogP contribution in [0.5, 0.6) is 11.5 Å². The van der Waals surface area contributed by atoms with E-state index in [1.54, 1.807) is 60.7 Å². The van der Waals surface area contributed by atoms with Crippen LogP contribution in [0.3, 0.4) is 0 Å². The van der Waals surface area contributed by atoms with Gasteiger partial charge in [0.15, 0.2) is 5.75 Å². The van der Waals surface area contributed by atoms with Crippen molar-refractivity contribution in [2.45, 2.75) is 18.9 Å². The van der Waals surface area contributed by atoms with Crippen LogP contribution in [0.4, 0.5) is 14.5 Å². The van der Waals surface area contributed by atoms with E-state index in [4.69, 9.17) is 4.74 Å². The lowest BCUT2D eigenvalue weighted by atomic mass is 9.88. The molecule has 0 saturated carbocycles. The molecule has 136 valence electrons. The van der Waals surface area contributed by atoms with Gasteiger partial charge in [0.2, 0.25) is 0 Å². The summed E-state index contributed by atoms with van der Waals surface area (Å²) in [5.74, 6) is -3.76. The summed E-state index contributed by atoms with van der Waals surface area (Å²) in [6.45, 7) is 1.88. The van der Waals surface area contributed by atoms with Crippen molar-refractivity contribution in [3.05, 3.63) is 90.0 Å². The monoisotopic (exact) mass is 365 g/mol. The number of hydrogen-bond acceptors (Lipinski definition) is 2. The molecule has 0 spiro atoms. The zero-order valence-electron chi connectivity index (χ0n) is 14.6. The zero-order valence-corrected chi connectivity index (χ0v) is 14.6. The third-order valence-electron chi connectivity index (χ3n) is 4.59. The predicted molar refractivity (Wildman–Crippen MR) is 99.3 cm³/mol. The topological polar surface area (TPSA) is 29.5 Å². The molecule has 0 aliphatic carbocycles. The first-order valence-electron chi connectivity index (χ1n) is 8.58. The van der Waals surface area contributed by atoms with Gasteiger partial charge in [-0.1, -0.05) is 60.2 Å². The van der Waals surface area contributed by atoms with E-state index in [2.05, 4.69) is 0 Å². The first-order chi connectivity index (χ1) is 13.0. The normalized spacial score (nSPS) is 18.1. The van der Waals surface area contributed by atoms with Crippen molar-refractivity contribution in [2.75, 3.05) is 4.90 Å². The second-order valence-corrected chi connectivity index (χ2v) is 6.49. The lowest BCUT2D eigenvalue weighted by molar-refractivity contribution is -0.162. The van der Waals surface area contributed by atoms with Crippen LogP contribution in [-0.2, 0) is 4.79 Å². The van der Waals surface area contributed by atoms with Gasteiger partial charge in [-0.05, 0) is 36.8 Å². The number of para-hydroxylation sites is 3. The van der Waals surface area contributed by atoms with Crippen LogP contribution in [-0.4, -0.2) is 11.8 Å². The van der Waals surface area contributed by atoms with E-state index in [-0.39, 0.29) is 0 Å². The molecule has 27 heavy (non-hydrogen) atoms. The van der Waals surface area contributed by atoms with Crippen LogP contribution in [0.1, 0.15) is 17.2 Å². The lowest BCUT2D eigenvalue weighted by Gasteiger charge is -2.46. The third-order valence-corrected chi connectivity index (χ3v) is 4.59. The summed E-state index contributed by atoms with van der Waals surface area (Å²) in [6, 6.07) is 21.2. The van der Waals surface area contributed by atoms with Gasteiger partial charge in [-0.25, -0.2) is 0 Å². The predicted octanol–water partition coefficient (Wildman–Crippen LogP) is 5.51.